The quantitative estimate of drug-likeness (QED) is 0.720. The Hall–Kier alpha value is -2.08. The van der Waals surface area contributed by atoms with Gasteiger partial charge >= 0.3 is 6.18 Å². The van der Waals surface area contributed by atoms with Crippen LogP contribution in [0, 0.1) is 0 Å². The minimum atomic E-state index is -4.35. The van der Waals surface area contributed by atoms with E-state index in [4.69, 9.17) is 5.73 Å². The smallest absolute Gasteiger partial charge is 0.387 e. The molecule has 0 atom stereocenters. The fraction of sp³-hybridized carbons (Fsp3) is 0.118. The summed E-state index contributed by atoms with van der Waals surface area (Å²) >= 11 is 3.51. The summed E-state index contributed by atoms with van der Waals surface area (Å²) in [5.41, 5.74) is 8.25. The maximum atomic E-state index is 12.7. The van der Waals surface area contributed by atoms with E-state index in [-0.39, 0.29) is 0 Å². The third kappa shape index (κ3) is 3.17. The number of amidine groups is 1. The molecule has 0 unspecified atom stereocenters. The van der Waals surface area contributed by atoms with Crippen LogP contribution in [-0.2, 0) is 6.18 Å². The molecule has 0 spiro atoms. The van der Waals surface area contributed by atoms with E-state index in [1.54, 1.807) is 0 Å². The molecule has 0 aliphatic carbocycles. The molecule has 0 saturated heterocycles. The Bertz CT molecular complexity index is 805. The van der Waals surface area contributed by atoms with Crippen molar-refractivity contribution < 1.29 is 13.2 Å². The summed E-state index contributed by atoms with van der Waals surface area (Å²) in [5.74, 6) is 0.450. The molecule has 1 aliphatic rings. The van der Waals surface area contributed by atoms with Gasteiger partial charge in [0.25, 0.3) is 0 Å². The van der Waals surface area contributed by atoms with Crippen molar-refractivity contribution in [2.45, 2.75) is 12.6 Å². The summed E-state index contributed by atoms with van der Waals surface area (Å²) in [6.45, 7) is 0. The molecule has 1 aliphatic heterocycles. The molecule has 0 amide bonds. The number of hydrogen-bond acceptors (Lipinski definition) is 2. The first-order chi connectivity index (χ1) is 10.9. The van der Waals surface area contributed by atoms with E-state index in [1.165, 1.54) is 12.1 Å². The van der Waals surface area contributed by atoms with Crippen LogP contribution in [-0.4, -0.2) is 5.84 Å². The molecule has 6 heteroatoms. The maximum absolute atomic E-state index is 12.7. The number of nitrogens with two attached hydrogens (primary N) is 1. The number of benzene rings is 2. The van der Waals surface area contributed by atoms with Crippen molar-refractivity contribution in [2.24, 2.45) is 10.7 Å². The molecule has 2 nitrogen and oxygen atoms in total. The van der Waals surface area contributed by atoms with E-state index in [9.17, 15) is 13.2 Å². The Morgan fingerprint density at radius 2 is 1.65 bits per heavy atom. The van der Waals surface area contributed by atoms with Gasteiger partial charge in [-0.05, 0) is 23.8 Å². The van der Waals surface area contributed by atoms with Gasteiger partial charge in [-0.2, -0.15) is 13.2 Å². The maximum Gasteiger partial charge on any atom is 0.416 e. The van der Waals surface area contributed by atoms with Crippen molar-refractivity contribution in [3.8, 4) is 0 Å². The van der Waals surface area contributed by atoms with Crippen LogP contribution >= 0.6 is 15.9 Å². The predicted octanol–water partition coefficient (Wildman–Crippen LogP) is 5.25. The van der Waals surface area contributed by atoms with Gasteiger partial charge in [-0.15, -0.1) is 0 Å². The number of hydrogen-bond donors (Lipinski definition) is 1. The summed E-state index contributed by atoms with van der Waals surface area (Å²) in [4.78, 5) is 4.37. The van der Waals surface area contributed by atoms with Crippen LogP contribution < -0.4 is 5.73 Å². The lowest BCUT2D eigenvalue weighted by molar-refractivity contribution is -0.137. The van der Waals surface area contributed by atoms with Crippen LogP contribution in [0.5, 0.6) is 0 Å². The van der Waals surface area contributed by atoms with Crippen molar-refractivity contribution in [1.29, 1.82) is 0 Å². The molecule has 2 N–H and O–H groups in total. The number of para-hydroxylation sites is 1. The predicted molar refractivity (Wildman–Crippen MR) is 88.7 cm³/mol. The van der Waals surface area contributed by atoms with Gasteiger partial charge in [-0.1, -0.05) is 46.3 Å². The van der Waals surface area contributed by atoms with Gasteiger partial charge in [0.2, 0.25) is 0 Å². The average molecular weight is 381 g/mol. The lowest BCUT2D eigenvalue weighted by Crippen LogP contribution is -2.10. The van der Waals surface area contributed by atoms with Gasteiger partial charge in [-0.25, -0.2) is 4.99 Å². The highest BCUT2D eigenvalue weighted by Crippen LogP contribution is 2.39. The van der Waals surface area contributed by atoms with Crippen LogP contribution in [0.1, 0.15) is 23.1 Å². The number of fused-ring (bicyclic) bond motifs is 1. The molecule has 2 aromatic carbocycles. The van der Waals surface area contributed by atoms with E-state index in [2.05, 4.69) is 20.9 Å². The second-order valence-electron chi connectivity index (χ2n) is 5.15. The number of alkyl halides is 3. The van der Waals surface area contributed by atoms with Gasteiger partial charge in [0, 0.05) is 22.0 Å². The van der Waals surface area contributed by atoms with Crippen molar-refractivity contribution in [1.82, 2.24) is 0 Å². The van der Waals surface area contributed by atoms with Gasteiger partial charge < -0.3 is 5.73 Å². The van der Waals surface area contributed by atoms with Crippen LogP contribution in [0.2, 0.25) is 0 Å². The molecule has 0 radical (unpaired) electrons. The first-order valence-corrected chi connectivity index (χ1v) is 7.64. The molecule has 0 bridgehead atoms. The Kier molecular flexibility index (Phi) is 4.02. The molecule has 2 aromatic rings. The second kappa shape index (κ2) is 5.85. The van der Waals surface area contributed by atoms with E-state index < -0.39 is 11.7 Å². The molecule has 3 rings (SSSR count). The molecule has 0 fully saturated rings. The lowest BCUT2D eigenvalue weighted by atomic mass is 9.95. The van der Waals surface area contributed by atoms with Crippen molar-refractivity contribution in [3.63, 3.8) is 0 Å². The van der Waals surface area contributed by atoms with Gasteiger partial charge in [0.15, 0.2) is 0 Å². The van der Waals surface area contributed by atoms with E-state index >= 15 is 0 Å². The summed E-state index contributed by atoms with van der Waals surface area (Å²) in [6.07, 6.45) is -3.94. The van der Waals surface area contributed by atoms with Crippen LogP contribution in [0.25, 0.3) is 5.57 Å². The minimum Gasteiger partial charge on any atom is -0.387 e. The van der Waals surface area contributed by atoms with Crippen molar-refractivity contribution >= 4 is 33.0 Å². The zero-order valence-electron chi connectivity index (χ0n) is 11.9. The normalized spacial score (nSPS) is 15.0. The molecule has 23 heavy (non-hydrogen) atoms. The standard InChI is InChI=1S/C17H12BrF3N2/c18-13-9-15(22)23-14-4-2-1-3-12(14)16(13)10-5-7-11(8-6-10)17(19,20)21/h1-8H,9H2,(H2,22,23). The number of nitrogens with zero attached hydrogens (tertiary/aromatic N) is 1. The highest BCUT2D eigenvalue weighted by molar-refractivity contribution is 9.11. The lowest BCUT2D eigenvalue weighted by Gasteiger charge is -2.13. The third-order valence-corrected chi connectivity index (χ3v) is 4.22. The second-order valence-corrected chi connectivity index (χ2v) is 6.11. The number of halogens is 4. The molecule has 0 saturated carbocycles. The first kappa shape index (κ1) is 15.8. The first-order valence-electron chi connectivity index (χ1n) is 6.85. The fourth-order valence-corrected chi connectivity index (χ4v) is 3.24. The minimum absolute atomic E-state index is 0.408. The Labute approximate surface area is 139 Å². The van der Waals surface area contributed by atoms with E-state index in [0.29, 0.717) is 23.5 Å². The third-order valence-electron chi connectivity index (χ3n) is 3.55. The fourth-order valence-electron chi connectivity index (χ4n) is 2.51. The number of rotatable bonds is 1. The topological polar surface area (TPSA) is 38.4 Å². The molecule has 1 heterocycles. The van der Waals surface area contributed by atoms with Gasteiger partial charge in [0.1, 0.15) is 5.84 Å². The number of aliphatic imine (C=N–C) groups is 1. The van der Waals surface area contributed by atoms with Crippen LogP contribution in [0.15, 0.2) is 58.0 Å². The van der Waals surface area contributed by atoms with Crippen molar-refractivity contribution in [3.05, 3.63) is 69.7 Å². The average Bonchev–Trinajstić information content (AvgIpc) is 2.61. The monoisotopic (exact) mass is 380 g/mol. The van der Waals surface area contributed by atoms with Gasteiger partial charge in [-0.3, -0.25) is 0 Å². The van der Waals surface area contributed by atoms with Crippen LogP contribution in [0.4, 0.5) is 18.9 Å². The molecule has 118 valence electrons. The zero-order chi connectivity index (χ0) is 16.6. The van der Waals surface area contributed by atoms with E-state index in [0.717, 1.165) is 27.8 Å². The van der Waals surface area contributed by atoms with E-state index in [1.807, 2.05) is 24.3 Å². The summed E-state index contributed by atoms with van der Waals surface area (Å²) in [6, 6.07) is 12.5. The largest absolute Gasteiger partial charge is 0.416 e. The Morgan fingerprint density at radius 3 is 2.30 bits per heavy atom. The highest BCUT2D eigenvalue weighted by Gasteiger charge is 2.30. The summed E-state index contributed by atoms with van der Waals surface area (Å²) in [7, 11) is 0. The zero-order valence-corrected chi connectivity index (χ0v) is 13.4. The molecular weight excluding hydrogens is 369 g/mol. The SMILES string of the molecule is NC1=Nc2ccccc2C(c2ccc(C(F)(F)F)cc2)=C(Br)C1. The van der Waals surface area contributed by atoms with Crippen molar-refractivity contribution in [2.75, 3.05) is 0 Å². The summed E-state index contributed by atoms with van der Waals surface area (Å²) in [5, 5.41) is 0. The molecular formula is C17H12BrF3N2. The molecule has 0 aromatic heterocycles. The Morgan fingerprint density at radius 1 is 1.00 bits per heavy atom. The van der Waals surface area contributed by atoms with Crippen LogP contribution in [0.3, 0.4) is 0 Å². The Balaban J connectivity index is 2.14. The summed E-state index contributed by atoms with van der Waals surface area (Å²) < 4.78 is 39.0. The van der Waals surface area contributed by atoms with Gasteiger partial charge in [0.05, 0.1) is 11.3 Å². The highest BCUT2D eigenvalue weighted by atomic mass is 79.9.